The first-order chi connectivity index (χ1) is 10.9. The van der Waals surface area contributed by atoms with Crippen molar-refractivity contribution in [3.05, 3.63) is 59.9 Å². The quantitative estimate of drug-likeness (QED) is 0.698. The molecule has 0 amide bonds. The van der Waals surface area contributed by atoms with Gasteiger partial charge in [0.1, 0.15) is 12.4 Å². The van der Waals surface area contributed by atoms with Gasteiger partial charge in [-0.25, -0.2) is 0 Å². The fraction of sp³-hybridized carbons (Fsp3) is 0.421. The lowest BCUT2D eigenvalue weighted by molar-refractivity contribution is 0.0859. The summed E-state index contributed by atoms with van der Waals surface area (Å²) in [4.78, 5) is 4.34. The minimum Gasteiger partial charge on any atom is -0.487 e. The largest absolute Gasteiger partial charge is 0.487 e. The van der Waals surface area contributed by atoms with Gasteiger partial charge in [0.15, 0.2) is 0 Å². The Labute approximate surface area is 141 Å². The average Bonchev–Trinajstić information content (AvgIpc) is 2.51. The molecule has 1 aromatic heterocycles. The van der Waals surface area contributed by atoms with Crippen LogP contribution in [0.15, 0.2) is 48.8 Å². The van der Waals surface area contributed by atoms with E-state index in [2.05, 4.69) is 57.0 Å². The molecule has 0 saturated heterocycles. The minimum absolute atomic E-state index is 0.0155. The van der Waals surface area contributed by atoms with Gasteiger partial charge in [-0.05, 0) is 30.1 Å². The zero-order chi connectivity index (χ0) is 16.9. The molecule has 23 heavy (non-hydrogen) atoms. The molecule has 1 heterocycles. The summed E-state index contributed by atoms with van der Waals surface area (Å²) in [5.41, 5.74) is 2.24. The van der Waals surface area contributed by atoms with Gasteiger partial charge < -0.3 is 9.16 Å². The molecule has 1 atom stereocenters. The van der Waals surface area contributed by atoms with Crippen LogP contribution < -0.4 is 4.74 Å². The standard InChI is InChI=1S/C19H26NO2Si/c1-19(2,3)18(22-23(4)5)16-11-17(13-20-12-16)21-14-15-9-7-6-8-10-15/h6-13,18H,14H2,1-5H3. The van der Waals surface area contributed by atoms with Gasteiger partial charge in [0.25, 0.3) is 0 Å². The molecule has 2 aromatic rings. The molecule has 0 aliphatic heterocycles. The van der Waals surface area contributed by atoms with E-state index in [1.807, 2.05) is 24.4 Å². The molecule has 1 radical (unpaired) electrons. The SMILES string of the molecule is C[Si](C)OC(c1cncc(OCc2ccccc2)c1)C(C)(C)C. The number of ether oxygens (including phenoxy) is 1. The molecular weight excluding hydrogens is 302 g/mol. The number of nitrogens with zero attached hydrogens (tertiary/aromatic N) is 1. The zero-order valence-electron chi connectivity index (χ0n) is 14.7. The minimum atomic E-state index is -0.799. The monoisotopic (exact) mass is 328 g/mol. The maximum atomic E-state index is 6.22. The molecule has 2 rings (SSSR count). The topological polar surface area (TPSA) is 31.4 Å². The van der Waals surface area contributed by atoms with Crippen molar-refractivity contribution < 1.29 is 9.16 Å². The van der Waals surface area contributed by atoms with E-state index in [0.717, 1.165) is 16.9 Å². The van der Waals surface area contributed by atoms with Gasteiger partial charge in [-0.2, -0.15) is 0 Å². The second-order valence-corrected chi connectivity index (χ2v) is 9.05. The van der Waals surface area contributed by atoms with Crippen LogP contribution in [0.5, 0.6) is 5.75 Å². The Morgan fingerprint density at radius 3 is 2.39 bits per heavy atom. The lowest BCUT2D eigenvalue weighted by Gasteiger charge is -2.32. The van der Waals surface area contributed by atoms with Gasteiger partial charge in [-0.15, -0.1) is 0 Å². The van der Waals surface area contributed by atoms with Crippen LogP contribution in [0, 0.1) is 5.41 Å². The first-order valence-electron chi connectivity index (χ1n) is 7.95. The van der Waals surface area contributed by atoms with Crippen molar-refractivity contribution in [2.45, 2.75) is 46.6 Å². The fourth-order valence-electron chi connectivity index (χ4n) is 2.38. The number of hydrogen-bond acceptors (Lipinski definition) is 3. The maximum Gasteiger partial charge on any atom is 0.205 e. The van der Waals surface area contributed by atoms with Gasteiger partial charge in [0.05, 0.1) is 12.3 Å². The van der Waals surface area contributed by atoms with Crippen molar-refractivity contribution in [1.29, 1.82) is 0 Å². The van der Waals surface area contributed by atoms with Gasteiger partial charge >= 0.3 is 0 Å². The highest BCUT2D eigenvalue weighted by Gasteiger charge is 2.28. The predicted molar refractivity (Wildman–Crippen MR) is 95.8 cm³/mol. The highest BCUT2D eigenvalue weighted by atomic mass is 28.3. The predicted octanol–water partition coefficient (Wildman–Crippen LogP) is 5.02. The van der Waals surface area contributed by atoms with Crippen LogP contribution >= 0.6 is 0 Å². The molecule has 0 N–H and O–H groups in total. The first-order valence-corrected chi connectivity index (χ1v) is 10.4. The van der Waals surface area contributed by atoms with Crippen LogP contribution in [-0.4, -0.2) is 14.0 Å². The van der Waals surface area contributed by atoms with Crippen molar-refractivity contribution in [2.24, 2.45) is 5.41 Å². The van der Waals surface area contributed by atoms with Gasteiger partial charge in [0, 0.05) is 11.8 Å². The van der Waals surface area contributed by atoms with Crippen LogP contribution in [-0.2, 0) is 11.0 Å². The number of benzene rings is 1. The lowest BCUT2D eigenvalue weighted by Crippen LogP contribution is -2.26. The van der Waals surface area contributed by atoms with Crippen molar-refractivity contribution in [3.63, 3.8) is 0 Å². The zero-order valence-corrected chi connectivity index (χ0v) is 15.7. The molecule has 0 aliphatic carbocycles. The normalized spacial score (nSPS) is 13.1. The molecule has 0 fully saturated rings. The van der Waals surface area contributed by atoms with E-state index >= 15 is 0 Å². The lowest BCUT2D eigenvalue weighted by atomic mass is 9.85. The van der Waals surface area contributed by atoms with Crippen molar-refractivity contribution in [3.8, 4) is 5.75 Å². The molecule has 0 aliphatic rings. The van der Waals surface area contributed by atoms with E-state index in [1.165, 1.54) is 0 Å². The number of rotatable bonds is 6. The van der Waals surface area contributed by atoms with E-state index in [1.54, 1.807) is 6.20 Å². The van der Waals surface area contributed by atoms with Crippen LogP contribution in [0.2, 0.25) is 13.1 Å². The highest BCUT2D eigenvalue weighted by molar-refractivity contribution is 6.48. The summed E-state index contributed by atoms with van der Waals surface area (Å²) >= 11 is 0. The molecule has 0 saturated carbocycles. The Morgan fingerprint density at radius 2 is 1.78 bits per heavy atom. The molecule has 123 valence electrons. The molecule has 0 spiro atoms. The van der Waals surface area contributed by atoms with E-state index in [9.17, 15) is 0 Å². The van der Waals surface area contributed by atoms with Crippen molar-refractivity contribution in [2.75, 3.05) is 0 Å². The van der Waals surface area contributed by atoms with Gasteiger partial charge in [-0.3, -0.25) is 4.98 Å². The van der Waals surface area contributed by atoms with Crippen LogP contribution in [0.4, 0.5) is 0 Å². The summed E-state index contributed by atoms with van der Waals surface area (Å²) in [6, 6.07) is 12.2. The Kier molecular flexibility index (Phi) is 5.96. The summed E-state index contributed by atoms with van der Waals surface area (Å²) in [6.45, 7) is 11.4. The van der Waals surface area contributed by atoms with Gasteiger partial charge in [0.2, 0.25) is 9.04 Å². The van der Waals surface area contributed by atoms with Crippen LogP contribution in [0.1, 0.15) is 38.0 Å². The molecule has 0 bridgehead atoms. The molecule has 3 nitrogen and oxygen atoms in total. The third kappa shape index (κ3) is 5.48. The van der Waals surface area contributed by atoms with E-state index in [-0.39, 0.29) is 11.5 Å². The van der Waals surface area contributed by atoms with E-state index in [0.29, 0.717) is 6.61 Å². The molecule has 1 unspecified atom stereocenters. The highest BCUT2D eigenvalue weighted by Crippen LogP contribution is 2.37. The number of aromatic nitrogens is 1. The summed E-state index contributed by atoms with van der Waals surface area (Å²) in [5, 5.41) is 0. The van der Waals surface area contributed by atoms with E-state index < -0.39 is 9.04 Å². The van der Waals surface area contributed by atoms with E-state index in [4.69, 9.17) is 9.16 Å². The Morgan fingerprint density at radius 1 is 1.09 bits per heavy atom. The van der Waals surface area contributed by atoms with Crippen molar-refractivity contribution >= 4 is 9.04 Å². The fourth-order valence-corrected chi connectivity index (χ4v) is 3.34. The van der Waals surface area contributed by atoms with Gasteiger partial charge in [-0.1, -0.05) is 51.1 Å². The maximum absolute atomic E-state index is 6.22. The van der Waals surface area contributed by atoms with Crippen molar-refractivity contribution in [1.82, 2.24) is 4.98 Å². The Hall–Kier alpha value is -1.65. The average molecular weight is 329 g/mol. The second-order valence-electron chi connectivity index (χ2n) is 7.00. The second kappa shape index (κ2) is 7.75. The molecular formula is C19H26NO2Si. The van der Waals surface area contributed by atoms with Crippen LogP contribution in [0.3, 0.4) is 0 Å². The van der Waals surface area contributed by atoms with Crippen LogP contribution in [0.25, 0.3) is 0 Å². The summed E-state index contributed by atoms with van der Waals surface area (Å²) in [5.74, 6) is 0.783. The summed E-state index contributed by atoms with van der Waals surface area (Å²) < 4.78 is 12.1. The molecule has 4 heteroatoms. The Bertz CT molecular complexity index is 608. The summed E-state index contributed by atoms with van der Waals surface area (Å²) in [7, 11) is -0.799. The smallest absolute Gasteiger partial charge is 0.205 e. The first kappa shape index (κ1) is 17.7. The molecule has 1 aromatic carbocycles. The summed E-state index contributed by atoms with van der Waals surface area (Å²) in [6.07, 6.45) is 3.67. The number of pyridine rings is 1. The third-order valence-electron chi connectivity index (χ3n) is 3.43. The number of hydrogen-bond donors (Lipinski definition) is 0. The third-order valence-corrected chi connectivity index (χ3v) is 4.13. The Balaban J connectivity index is 2.14.